The monoisotopic (exact) mass is 452 g/mol. The summed E-state index contributed by atoms with van der Waals surface area (Å²) in [6.07, 6.45) is 2.01. The highest BCUT2D eigenvalue weighted by atomic mass is 19.3. The van der Waals surface area contributed by atoms with Crippen LogP contribution in [-0.2, 0) is 23.2 Å². The van der Waals surface area contributed by atoms with Crippen LogP contribution in [0.5, 0.6) is 0 Å². The van der Waals surface area contributed by atoms with E-state index in [0.29, 0.717) is 33.6 Å². The van der Waals surface area contributed by atoms with Crippen LogP contribution in [0.1, 0.15) is 41.0 Å². The molecule has 9 nitrogen and oxygen atoms in total. The maximum absolute atomic E-state index is 13.6. The molecule has 0 bridgehead atoms. The maximum Gasteiger partial charge on any atom is 0.295 e. The summed E-state index contributed by atoms with van der Waals surface area (Å²) in [6.45, 7) is 0.173. The zero-order valence-corrected chi connectivity index (χ0v) is 17.5. The van der Waals surface area contributed by atoms with E-state index in [4.69, 9.17) is 0 Å². The number of imide groups is 1. The Kier molecular flexibility index (Phi) is 4.95. The van der Waals surface area contributed by atoms with E-state index in [-0.39, 0.29) is 31.2 Å². The van der Waals surface area contributed by atoms with E-state index in [0.717, 1.165) is 0 Å². The van der Waals surface area contributed by atoms with Gasteiger partial charge in [-0.05, 0) is 24.1 Å². The van der Waals surface area contributed by atoms with Crippen LogP contribution in [0.3, 0.4) is 0 Å². The van der Waals surface area contributed by atoms with Crippen LogP contribution in [0, 0.1) is 0 Å². The lowest BCUT2D eigenvalue weighted by Crippen LogP contribution is -2.52. The van der Waals surface area contributed by atoms with Crippen molar-refractivity contribution in [3.8, 4) is 22.5 Å². The lowest BCUT2D eigenvalue weighted by molar-refractivity contribution is -0.136. The molecule has 4 heterocycles. The molecule has 1 unspecified atom stereocenters. The van der Waals surface area contributed by atoms with Crippen LogP contribution in [0.25, 0.3) is 22.5 Å². The van der Waals surface area contributed by atoms with E-state index in [1.54, 1.807) is 18.2 Å². The largest absolute Gasteiger partial charge is 0.326 e. The average molecular weight is 452 g/mol. The van der Waals surface area contributed by atoms with Gasteiger partial charge < -0.3 is 9.47 Å². The summed E-state index contributed by atoms with van der Waals surface area (Å²) in [7, 11) is 1.50. The first kappa shape index (κ1) is 20.9. The van der Waals surface area contributed by atoms with E-state index in [1.165, 1.54) is 35.2 Å². The van der Waals surface area contributed by atoms with Gasteiger partial charge in [0, 0.05) is 49.1 Å². The predicted molar refractivity (Wildman–Crippen MR) is 111 cm³/mol. The summed E-state index contributed by atoms with van der Waals surface area (Å²) in [6, 6.07) is 4.25. The number of hydrogen-bond acceptors (Lipinski definition) is 6. The molecule has 3 amide bonds. The van der Waals surface area contributed by atoms with Gasteiger partial charge in [0.05, 0.1) is 11.4 Å². The minimum absolute atomic E-state index is 0.161. The van der Waals surface area contributed by atoms with Crippen molar-refractivity contribution in [3.63, 3.8) is 0 Å². The quantitative estimate of drug-likeness (QED) is 0.608. The third kappa shape index (κ3) is 3.45. The van der Waals surface area contributed by atoms with E-state index in [9.17, 15) is 23.2 Å². The molecule has 11 heteroatoms. The van der Waals surface area contributed by atoms with Gasteiger partial charge in [-0.3, -0.25) is 19.7 Å². The Morgan fingerprint density at radius 3 is 2.58 bits per heavy atom. The molecule has 1 saturated heterocycles. The van der Waals surface area contributed by atoms with Crippen molar-refractivity contribution in [2.45, 2.75) is 31.9 Å². The molecule has 2 aromatic heterocycles. The third-order valence-corrected chi connectivity index (χ3v) is 5.96. The van der Waals surface area contributed by atoms with Gasteiger partial charge in [0.25, 0.3) is 12.3 Å². The number of imidazole rings is 1. The fraction of sp³-hybridized carbons (Fsp3) is 0.273. The molecular weight excluding hydrogens is 434 g/mol. The number of nitrogens with zero attached hydrogens (tertiary/aromatic N) is 5. The first-order valence-corrected chi connectivity index (χ1v) is 10.2. The predicted octanol–water partition coefficient (Wildman–Crippen LogP) is 2.24. The summed E-state index contributed by atoms with van der Waals surface area (Å²) in [5.41, 5.74) is 2.90. The first-order valence-electron chi connectivity index (χ1n) is 10.2. The van der Waals surface area contributed by atoms with Crippen molar-refractivity contribution < 1.29 is 23.2 Å². The minimum Gasteiger partial charge on any atom is -0.326 e. The van der Waals surface area contributed by atoms with Crippen LogP contribution in [0.4, 0.5) is 8.78 Å². The number of nitrogens with one attached hydrogen (secondary N) is 1. The highest BCUT2D eigenvalue weighted by molar-refractivity contribution is 6.05. The Bertz CT molecular complexity index is 1290. The summed E-state index contributed by atoms with van der Waals surface area (Å²) < 4.78 is 28.5. The molecule has 3 aromatic rings. The molecule has 0 saturated carbocycles. The van der Waals surface area contributed by atoms with Crippen molar-refractivity contribution in [2.75, 3.05) is 0 Å². The summed E-state index contributed by atoms with van der Waals surface area (Å²) in [5.74, 6) is -1.56. The topological polar surface area (TPSA) is 110 Å². The molecule has 2 aliphatic rings. The summed E-state index contributed by atoms with van der Waals surface area (Å²) in [4.78, 5) is 50.2. The number of aromatic nitrogens is 4. The minimum atomic E-state index is -2.79. The second-order valence-electron chi connectivity index (χ2n) is 7.93. The molecule has 1 N–H and O–H groups in total. The SMILES string of the molecule is Cn1c(C(F)F)nc(-c2ccc3c(c2)CN(C2CCC(=O)NC2=O)C3=O)c1-c1cncnc1. The van der Waals surface area contributed by atoms with E-state index >= 15 is 0 Å². The Morgan fingerprint density at radius 1 is 1.12 bits per heavy atom. The van der Waals surface area contributed by atoms with Gasteiger partial charge in [-0.2, -0.15) is 0 Å². The van der Waals surface area contributed by atoms with Gasteiger partial charge in [0.1, 0.15) is 12.4 Å². The summed E-state index contributed by atoms with van der Waals surface area (Å²) >= 11 is 0. The Hall–Kier alpha value is -4.02. The van der Waals surface area contributed by atoms with Crippen LogP contribution in [-0.4, -0.2) is 48.2 Å². The fourth-order valence-corrected chi connectivity index (χ4v) is 4.39. The molecule has 1 aromatic carbocycles. The van der Waals surface area contributed by atoms with Gasteiger partial charge in [-0.15, -0.1) is 0 Å². The zero-order chi connectivity index (χ0) is 23.3. The number of alkyl halides is 2. The number of piperidine rings is 1. The van der Waals surface area contributed by atoms with Gasteiger partial charge in [-0.25, -0.2) is 23.7 Å². The van der Waals surface area contributed by atoms with Crippen molar-refractivity contribution in [3.05, 3.63) is 53.9 Å². The molecule has 0 aliphatic carbocycles. The molecular formula is C22H18F2N6O3. The van der Waals surface area contributed by atoms with E-state index < -0.39 is 24.2 Å². The highest BCUT2D eigenvalue weighted by Gasteiger charge is 2.39. The summed E-state index contributed by atoms with van der Waals surface area (Å²) in [5, 5.41) is 2.27. The third-order valence-electron chi connectivity index (χ3n) is 5.96. The normalized spacial score (nSPS) is 18.1. The standard InChI is InChI=1S/C22H18F2N6O3/c1-29-18(13-7-25-10-26-8-13)17(28-20(29)19(23)24)11-2-3-14-12(6-11)9-30(22(14)33)15-4-5-16(31)27-21(15)32/h2-3,6-8,10,15,19H,4-5,9H2,1H3,(H,27,31,32). The van der Waals surface area contributed by atoms with Gasteiger partial charge in [0.15, 0.2) is 5.82 Å². The number of hydrogen-bond donors (Lipinski definition) is 1. The first-order chi connectivity index (χ1) is 15.8. The number of benzene rings is 1. The molecule has 5 rings (SSSR count). The number of carbonyl (C=O) groups is 3. The highest BCUT2D eigenvalue weighted by Crippen LogP contribution is 2.37. The fourth-order valence-electron chi connectivity index (χ4n) is 4.39. The average Bonchev–Trinajstić information content (AvgIpc) is 3.31. The number of carbonyl (C=O) groups excluding carboxylic acids is 3. The maximum atomic E-state index is 13.6. The molecule has 33 heavy (non-hydrogen) atoms. The lowest BCUT2D eigenvalue weighted by Gasteiger charge is -2.29. The molecule has 168 valence electrons. The van der Waals surface area contributed by atoms with Gasteiger partial charge in [-0.1, -0.05) is 6.07 Å². The number of fused-ring (bicyclic) bond motifs is 1. The number of halogens is 2. The molecule has 1 fully saturated rings. The Morgan fingerprint density at radius 2 is 1.88 bits per heavy atom. The zero-order valence-electron chi connectivity index (χ0n) is 17.5. The van der Waals surface area contributed by atoms with Crippen molar-refractivity contribution in [1.29, 1.82) is 0 Å². The number of amides is 3. The molecule has 0 spiro atoms. The second-order valence-corrected chi connectivity index (χ2v) is 7.93. The van der Waals surface area contributed by atoms with Crippen LogP contribution < -0.4 is 5.32 Å². The van der Waals surface area contributed by atoms with Crippen LogP contribution in [0.15, 0.2) is 36.9 Å². The second kappa shape index (κ2) is 7.84. The van der Waals surface area contributed by atoms with Crippen molar-refractivity contribution in [1.82, 2.24) is 29.7 Å². The van der Waals surface area contributed by atoms with Crippen LogP contribution in [0.2, 0.25) is 0 Å². The lowest BCUT2D eigenvalue weighted by atomic mass is 10.0. The van der Waals surface area contributed by atoms with E-state index in [1.807, 2.05) is 0 Å². The van der Waals surface area contributed by atoms with Gasteiger partial charge in [0.2, 0.25) is 11.8 Å². The smallest absolute Gasteiger partial charge is 0.295 e. The van der Waals surface area contributed by atoms with Crippen molar-refractivity contribution in [2.24, 2.45) is 7.05 Å². The molecule has 2 aliphatic heterocycles. The Labute approximate surface area is 186 Å². The molecule has 0 radical (unpaired) electrons. The van der Waals surface area contributed by atoms with Gasteiger partial charge >= 0.3 is 0 Å². The number of rotatable bonds is 4. The Balaban J connectivity index is 1.54. The van der Waals surface area contributed by atoms with Crippen molar-refractivity contribution >= 4 is 17.7 Å². The van der Waals surface area contributed by atoms with Crippen LogP contribution >= 0.6 is 0 Å². The van der Waals surface area contributed by atoms with E-state index in [2.05, 4.69) is 20.3 Å². The molecule has 1 atom stereocenters.